The molecule has 0 unspecified atom stereocenters. The van der Waals surface area contributed by atoms with Crippen LogP contribution in [-0.4, -0.2) is 33.5 Å². The lowest BCUT2D eigenvalue weighted by molar-refractivity contribution is 0.0305. The second-order valence-corrected chi connectivity index (χ2v) is 11.7. The van der Waals surface area contributed by atoms with Crippen LogP contribution in [0.5, 0.6) is 0 Å². The van der Waals surface area contributed by atoms with Gasteiger partial charge in [0.2, 0.25) is 5.95 Å². The van der Waals surface area contributed by atoms with Crippen LogP contribution in [0.15, 0.2) is 42.4 Å². The van der Waals surface area contributed by atoms with Gasteiger partial charge in [-0.2, -0.15) is 9.65 Å². The van der Waals surface area contributed by atoms with Crippen molar-refractivity contribution in [3.63, 3.8) is 0 Å². The maximum atomic E-state index is 13.9. The van der Waals surface area contributed by atoms with E-state index in [4.69, 9.17) is 23.2 Å². The van der Waals surface area contributed by atoms with Crippen LogP contribution in [-0.2, 0) is 0 Å². The van der Waals surface area contributed by atoms with Crippen LogP contribution in [0, 0.1) is 29.6 Å². The molecule has 2 heterocycles. The molecule has 212 valence electrons. The Morgan fingerprint density at radius 3 is 2.58 bits per heavy atom. The van der Waals surface area contributed by atoms with Gasteiger partial charge in [0, 0.05) is 41.3 Å². The number of hydrogen-bond acceptors (Lipinski definition) is 8. The van der Waals surface area contributed by atoms with Gasteiger partial charge in [0.1, 0.15) is 11.6 Å². The molecule has 1 atom stereocenters. The standard InChI is InChI=1S/C28H32ClF3N8/c1-15-18(5-6-22(30)38-15)25(21(34)13-40(35)28(7-8-28)26(31)32)39-17-9-19-23(37-14-27(2,3)4)16(11-33)12-36-24(19)20(29)10-17/h5-6,9-10,12-13,25-26,39H,7-8,14,34-35H2,1-4H3,(H,36,37)/b21-13-/t25-/m0/s1. The molecule has 1 aromatic carbocycles. The van der Waals surface area contributed by atoms with Gasteiger partial charge in [-0.3, -0.25) is 4.98 Å². The minimum Gasteiger partial charge on any atom is -0.399 e. The summed E-state index contributed by atoms with van der Waals surface area (Å²) in [6, 6.07) is 7.46. The van der Waals surface area contributed by atoms with Crippen molar-refractivity contribution >= 4 is 33.9 Å². The molecule has 6 N–H and O–H groups in total. The number of hydrazine groups is 1. The van der Waals surface area contributed by atoms with Gasteiger partial charge >= 0.3 is 0 Å². The number of alkyl halides is 2. The third-order valence-corrected chi connectivity index (χ3v) is 7.15. The highest BCUT2D eigenvalue weighted by molar-refractivity contribution is 6.35. The Morgan fingerprint density at radius 1 is 1.30 bits per heavy atom. The van der Waals surface area contributed by atoms with Crippen LogP contribution in [0.1, 0.15) is 56.5 Å². The summed E-state index contributed by atoms with van der Waals surface area (Å²) in [5.74, 6) is 5.36. The Hall–Kier alpha value is -3.75. The van der Waals surface area contributed by atoms with Crippen molar-refractivity contribution in [3.05, 3.63) is 70.2 Å². The topological polar surface area (TPSA) is 129 Å². The minimum absolute atomic E-state index is 0.0787. The number of nitriles is 1. The zero-order valence-electron chi connectivity index (χ0n) is 22.7. The predicted octanol–water partition coefficient (Wildman–Crippen LogP) is 5.99. The molecule has 0 aliphatic heterocycles. The quantitative estimate of drug-likeness (QED) is 0.140. The number of halogens is 4. The van der Waals surface area contributed by atoms with Crippen molar-refractivity contribution in [2.45, 2.75) is 58.5 Å². The molecule has 3 aromatic rings. The van der Waals surface area contributed by atoms with Crippen molar-refractivity contribution in [2.75, 3.05) is 17.2 Å². The molecule has 0 radical (unpaired) electrons. The first-order chi connectivity index (χ1) is 18.8. The smallest absolute Gasteiger partial charge is 0.262 e. The lowest BCUT2D eigenvalue weighted by Gasteiger charge is -2.28. The second-order valence-electron chi connectivity index (χ2n) is 11.3. The number of nitrogens with zero attached hydrogens (tertiary/aromatic N) is 4. The second kappa shape index (κ2) is 11.0. The molecule has 0 spiro atoms. The van der Waals surface area contributed by atoms with Crippen LogP contribution in [0.2, 0.25) is 5.02 Å². The number of hydrogen-bond donors (Lipinski definition) is 4. The molecular weight excluding hydrogens is 541 g/mol. The molecule has 1 aliphatic rings. The molecule has 40 heavy (non-hydrogen) atoms. The molecule has 0 saturated heterocycles. The van der Waals surface area contributed by atoms with E-state index in [1.165, 1.54) is 24.5 Å². The first-order valence-corrected chi connectivity index (χ1v) is 13.1. The van der Waals surface area contributed by atoms with Gasteiger partial charge < -0.3 is 21.4 Å². The van der Waals surface area contributed by atoms with Gasteiger partial charge in [0.05, 0.1) is 33.5 Å². The van der Waals surface area contributed by atoms with Crippen LogP contribution in [0.25, 0.3) is 10.9 Å². The highest BCUT2D eigenvalue weighted by atomic mass is 35.5. The number of aromatic nitrogens is 2. The van der Waals surface area contributed by atoms with E-state index >= 15 is 0 Å². The molecule has 1 fully saturated rings. The van der Waals surface area contributed by atoms with E-state index in [1.54, 1.807) is 19.1 Å². The Labute approximate surface area is 236 Å². The fraction of sp³-hybridized carbons (Fsp3) is 0.393. The molecule has 2 aromatic heterocycles. The average molecular weight is 573 g/mol. The van der Waals surface area contributed by atoms with E-state index in [0.717, 1.165) is 5.01 Å². The number of benzene rings is 1. The Bertz CT molecular complexity index is 1490. The number of aryl methyl sites for hydroxylation is 1. The van der Waals surface area contributed by atoms with Gasteiger partial charge in [0.25, 0.3) is 6.43 Å². The maximum absolute atomic E-state index is 13.9. The fourth-order valence-corrected chi connectivity index (χ4v) is 4.67. The van der Waals surface area contributed by atoms with E-state index in [0.29, 0.717) is 50.7 Å². The summed E-state index contributed by atoms with van der Waals surface area (Å²) in [6.07, 6.45) is 0.560. The summed E-state index contributed by atoms with van der Waals surface area (Å²) in [5.41, 5.74) is 7.79. The highest BCUT2D eigenvalue weighted by Crippen LogP contribution is 2.46. The minimum atomic E-state index is -2.65. The number of anilines is 2. The molecule has 1 aliphatic carbocycles. The lowest BCUT2D eigenvalue weighted by atomic mass is 9.96. The Balaban J connectivity index is 1.80. The van der Waals surface area contributed by atoms with Gasteiger partial charge in [-0.25, -0.2) is 19.6 Å². The zero-order valence-corrected chi connectivity index (χ0v) is 23.5. The lowest BCUT2D eigenvalue weighted by Crippen LogP contribution is -2.44. The highest BCUT2D eigenvalue weighted by Gasteiger charge is 2.54. The summed E-state index contributed by atoms with van der Waals surface area (Å²) < 4.78 is 41.2. The molecule has 0 amide bonds. The molecular formula is C28H32ClF3N8. The molecule has 1 saturated carbocycles. The van der Waals surface area contributed by atoms with E-state index in [2.05, 4.69) is 47.4 Å². The van der Waals surface area contributed by atoms with Crippen LogP contribution < -0.4 is 22.2 Å². The summed E-state index contributed by atoms with van der Waals surface area (Å²) in [6.45, 7) is 8.39. The van der Waals surface area contributed by atoms with Gasteiger partial charge in [0.15, 0.2) is 0 Å². The van der Waals surface area contributed by atoms with Gasteiger partial charge in [-0.15, -0.1) is 0 Å². The zero-order chi connectivity index (χ0) is 29.4. The van der Waals surface area contributed by atoms with E-state index < -0.39 is 24.0 Å². The first-order valence-electron chi connectivity index (χ1n) is 12.7. The average Bonchev–Trinajstić information content (AvgIpc) is 3.68. The third kappa shape index (κ3) is 6.03. The van der Waals surface area contributed by atoms with Crippen molar-refractivity contribution < 1.29 is 13.2 Å². The van der Waals surface area contributed by atoms with Crippen molar-refractivity contribution in [1.29, 1.82) is 5.26 Å². The first kappa shape index (κ1) is 29.2. The summed E-state index contributed by atoms with van der Waals surface area (Å²) in [5, 5.41) is 18.3. The monoisotopic (exact) mass is 572 g/mol. The van der Waals surface area contributed by atoms with E-state index in [-0.39, 0.29) is 24.0 Å². The van der Waals surface area contributed by atoms with Gasteiger partial charge in [-0.05, 0) is 43.4 Å². The largest absolute Gasteiger partial charge is 0.399 e. The van der Waals surface area contributed by atoms with Crippen molar-refractivity contribution in [3.8, 4) is 6.07 Å². The van der Waals surface area contributed by atoms with E-state index in [1.807, 2.05) is 0 Å². The number of nitrogens with two attached hydrogens (primary N) is 2. The molecule has 0 bridgehead atoms. The summed E-state index contributed by atoms with van der Waals surface area (Å²) in [7, 11) is 0. The van der Waals surface area contributed by atoms with Gasteiger partial charge in [-0.1, -0.05) is 38.4 Å². The number of pyridine rings is 2. The summed E-state index contributed by atoms with van der Waals surface area (Å²) in [4.78, 5) is 8.28. The van der Waals surface area contributed by atoms with Crippen LogP contribution >= 0.6 is 11.6 Å². The van der Waals surface area contributed by atoms with Crippen molar-refractivity contribution in [2.24, 2.45) is 17.0 Å². The predicted molar refractivity (Wildman–Crippen MR) is 151 cm³/mol. The number of rotatable bonds is 9. The van der Waals surface area contributed by atoms with E-state index in [9.17, 15) is 18.4 Å². The Morgan fingerprint density at radius 2 is 2.00 bits per heavy atom. The van der Waals surface area contributed by atoms with Crippen LogP contribution in [0.3, 0.4) is 0 Å². The molecule has 8 nitrogen and oxygen atoms in total. The number of fused-ring (bicyclic) bond motifs is 1. The maximum Gasteiger partial charge on any atom is 0.262 e. The summed E-state index contributed by atoms with van der Waals surface area (Å²) >= 11 is 6.64. The Kier molecular flexibility index (Phi) is 8.06. The fourth-order valence-electron chi connectivity index (χ4n) is 4.41. The van der Waals surface area contributed by atoms with Crippen molar-refractivity contribution in [1.82, 2.24) is 15.0 Å². The SMILES string of the molecule is Cc1nc(F)ccc1[C@H](Nc1cc(Cl)c2ncc(C#N)c(NCC(C)(C)C)c2c1)/C(N)=C/N(N)C1(C(F)F)CC1. The van der Waals surface area contributed by atoms with Crippen LogP contribution in [0.4, 0.5) is 24.5 Å². The number of nitrogens with one attached hydrogen (secondary N) is 2. The normalized spacial score (nSPS) is 15.6. The molecule has 4 rings (SSSR count). The molecule has 12 heteroatoms. The third-order valence-electron chi connectivity index (χ3n) is 6.86.